The predicted octanol–water partition coefficient (Wildman–Crippen LogP) is 2.84. The van der Waals surface area contributed by atoms with Gasteiger partial charge in [-0.3, -0.25) is 4.79 Å². The van der Waals surface area contributed by atoms with Gasteiger partial charge >= 0.3 is 12.1 Å². The van der Waals surface area contributed by atoms with Crippen molar-refractivity contribution in [3.8, 4) is 5.75 Å². The van der Waals surface area contributed by atoms with Gasteiger partial charge in [0.15, 0.2) is 0 Å². The number of carboxylic acids is 1. The molecule has 0 aliphatic carbocycles. The van der Waals surface area contributed by atoms with Crippen LogP contribution in [0.4, 0.5) is 13.2 Å². The van der Waals surface area contributed by atoms with Crippen LogP contribution in [0.15, 0.2) is 12.1 Å². The first-order chi connectivity index (χ1) is 8.66. The number of hydrogen-bond acceptors (Lipinski definition) is 3. The summed E-state index contributed by atoms with van der Waals surface area (Å²) in [5.74, 6) is -1.29. The first-order valence-corrected chi connectivity index (χ1v) is 5.46. The number of hydrogen-bond donors (Lipinski definition) is 2. The first-order valence-electron chi connectivity index (χ1n) is 5.08. The summed E-state index contributed by atoms with van der Waals surface area (Å²) in [6, 6.07) is 0.308. The average Bonchev–Trinajstić information content (AvgIpc) is 2.25. The number of ether oxygens (including phenoxy) is 1. The Bertz CT molecular complexity index is 491. The molecule has 0 saturated heterocycles. The van der Waals surface area contributed by atoms with Crippen LogP contribution in [0.1, 0.15) is 23.6 Å². The molecule has 1 aromatic carbocycles. The molecular weight excluding hydrogens is 287 g/mol. The van der Waals surface area contributed by atoms with Gasteiger partial charge in [0, 0.05) is 11.6 Å². The van der Waals surface area contributed by atoms with E-state index in [-0.39, 0.29) is 16.3 Å². The normalized spacial score (nSPS) is 13.2. The molecule has 8 heteroatoms. The second-order valence-corrected chi connectivity index (χ2v) is 4.19. The summed E-state index contributed by atoms with van der Waals surface area (Å²) in [4.78, 5) is 10.6. The van der Waals surface area contributed by atoms with Crippen LogP contribution >= 0.6 is 11.6 Å². The maximum atomic E-state index is 12.7. The summed E-state index contributed by atoms with van der Waals surface area (Å²) in [6.07, 6.45) is -5.14. The predicted molar refractivity (Wildman–Crippen MR) is 62.2 cm³/mol. The Hall–Kier alpha value is -1.47. The van der Waals surface area contributed by atoms with Gasteiger partial charge in [-0.2, -0.15) is 13.2 Å². The fourth-order valence-electron chi connectivity index (χ4n) is 1.57. The molecule has 4 nitrogen and oxygen atoms in total. The van der Waals surface area contributed by atoms with E-state index in [1.54, 1.807) is 0 Å². The van der Waals surface area contributed by atoms with Gasteiger partial charge in [-0.15, -0.1) is 0 Å². The first kappa shape index (κ1) is 15.6. The second kappa shape index (κ2) is 5.66. The minimum Gasteiger partial charge on any atom is -0.495 e. The summed E-state index contributed by atoms with van der Waals surface area (Å²) in [5.41, 5.74) is 4.47. The van der Waals surface area contributed by atoms with E-state index in [1.807, 2.05) is 0 Å². The van der Waals surface area contributed by atoms with Crippen LogP contribution in [-0.2, 0) is 11.0 Å². The van der Waals surface area contributed by atoms with Crippen molar-refractivity contribution >= 4 is 17.6 Å². The van der Waals surface area contributed by atoms with Gasteiger partial charge in [0.05, 0.1) is 24.1 Å². The van der Waals surface area contributed by atoms with Crippen LogP contribution < -0.4 is 10.5 Å². The number of aliphatic carboxylic acids is 1. The fourth-order valence-corrected chi connectivity index (χ4v) is 1.87. The summed E-state index contributed by atoms with van der Waals surface area (Å²) in [7, 11) is 1.21. The van der Waals surface area contributed by atoms with Crippen molar-refractivity contribution in [3.05, 3.63) is 28.3 Å². The number of methoxy groups -OCH3 is 1. The van der Waals surface area contributed by atoms with E-state index >= 15 is 0 Å². The van der Waals surface area contributed by atoms with Crippen molar-refractivity contribution in [2.45, 2.75) is 18.6 Å². The van der Waals surface area contributed by atoms with Crippen LogP contribution in [-0.4, -0.2) is 18.2 Å². The molecule has 0 aliphatic heterocycles. The van der Waals surface area contributed by atoms with Crippen molar-refractivity contribution in [1.82, 2.24) is 0 Å². The van der Waals surface area contributed by atoms with Crippen LogP contribution in [0.3, 0.4) is 0 Å². The summed E-state index contributed by atoms with van der Waals surface area (Å²) < 4.78 is 42.8. The maximum Gasteiger partial charge on any atom is 0.416 e. The molecule has 0 radical (unpaired) electrons. The fraction of sp³-hybridized carbons (Fsp3) is 0.364. The highest BCUT2D eigenvalue weighted by atomic mass is 35.5. The van der Waals surface area contributed by atoms with Crippen molar-refractivity contribution in [2.24, 2.45) is 5.73 Å². The third kappa shape index (κ3) is 3.74. The molecule has 0 aromatic heterocycles. The molecule has 0 amide bonds. The van der Waals surface area contributed by atoms with Crippen LogP contribution in [0.2, 0.25) is 5.02 Å². The highest BCUT2D eigenvalue weighted by Crippen LogP contribution is 2.39. The van der Waals surface area contributed by atoms with Gasteiger partial charge in [-0.1, -0.05) is 11.6 Å². The maximum absolute atomic E-state index is 12.7. The van der Waals surface area contributed by atoms with E-state index < -0.39 is 30.2 Å². The summed E-state index contributed by atoms with van der Waals surface area (Å²) >= 11 is 5.69. The van der Waals surface area contributed by atoms with Crippen molar-refractivity contribution in [3.63, 3.8) is 0 Å². The van der Waals surface area contributed by atoms with E-state index in [1.165, 1.54) is 7.11 Å². The Morgan fingerprint density at radius 2 is 2.11 bits per heavy atom. The highest BCUT2D eigenvalue weighted by Gasteiger charge is 2.33. The lowest BCUT2D eigenvalue weighted by atomic mass is 10.0. The van der Waals surface area contributed by atoms with E-state index in [0.29, 0.717) is 6.07 Å². The van der Waals surface area contributed by atoms with E-state index in [2.05, 4.69) is 0 Å². The number of carbonyl (C=O) groups is 1. The number of halogens is 4. The average molecular weight is 298 g/mol. The van der Waals surface area contributed by atoms with Crippen LogP contribution in [0.5, 0.6) is 5.75 Å². The molecule has 1 rings (SSSR count). The highest BCUT2D eigenvalue weighted by molar-refractivity contribution is 6.32. The monoisotopic (exact) mass is 297 g/mol. The van der Waals surface area contributed by atoms with Gasteiger partial charge in [0.2, 0.25) is 0 Å². The third-order valence-corrected chi connectivity index (χ3v) is 2.68. The number of carboxylic acid groups (broad SMARTS) is 1. The van der Waals surface area contributed by atoms with Crippen molar-refractivity contribution < 1.29 is 27.8 Å². The topological polar surface area (TPSA) is 72.5 Å². The molecule has 3 N–H and O–H groups in total. The van der Waals surface area contributed by atoms with E-state index in [9.17, 15) is 18.0 Å². The molecule has 0 fully saturated rings. The Labute approximate surface area is 111 Å². The molecule has 0 aliphatic rings. The minimum absolute atomic E-state index is 0.0524. The van der Waals surface area contributed by atoms with Crippen molar-refractivity contribution in [2.75, 3.05) is 7.11 Å². The van der Waals surface area contributed by atoms with Crippen LogP contribution in [0.25, 0.3) is 0 Å². The Kier molecular flexibility index (Phi) is 4.65. The molecule has 1 unspecified atom stereocenters. The van der Waals surface area contributed by atoms with Gasteiger partial charge in [-0.25, -0.2) is 0 Å². The lowest BCUT2D eigenvalue weighted by Crippen LogP contribution is -2.17. The lowest BCUT2D eigenvalue weighted by molar-refractivity contribution is -0.138. The number of rotatable bonds is 4. The zero-order chi connectivity index (χ0) is 14.8. The molecule has 106 valence electrons. The molecule has 19 heavy (non-hydrogen) atoms. The Morgan fingerprint density at radius 3 is 2.53 bits per heavy atom. The summed E-state index contributed by atoms with van der Waals surface area (Å²) in [5, 5.41) is 8.36. The Balaban J connectivity index is 3.34. The zero-order valence-electron chi connectivity index (χ0n) is 9.79. The van der Waals surface area contributed by atoms with Gasteiger partial charge < -0.3 is 15.6 Å². The van der Waals surface area contributed by atoms with E-state index in [0.717, 1.165) is 6.07 Å². The minimum atomic E-state index is -4.60. The second-order valence-electron chi connectivity index (χ2n) is 3.78. The van der Waals surface area contributed by atoms with E-state index in [4.69, 9.17) is 27.2 Å². The molecule has 0 spiro atoms. The smallest absolute Gasteiger partial charge is 0.416 e. The number of benzene rings is 1. The third-order valence-electron chi connectivity index (χ3n) is 2.40. The molecule has 1 aromatic rings. The van der Waals surface area contributed by atoms with Gasteiger partial charge in [0.1, 0.15) is 5.75 Å². The Morgan fingerprint density at radius 1 is 1.53 bits per heavy atom. The largest absolute Gasteiger partial charge is 0.495 e. The quantitative estimate of drug-likeness (QED) is 0.896. The molecule has 0 saturated carbocycles. The van der Waals surface area contributed by atoms with Gasteiger partial charge in [0.25, 0.3) is 0 Å². The SMILES string of the molecule is COc1c(Cl)cc(C(F)(F)F)cc1C(N)CC(=O)O. The molecular formula is C11H11ClF3NO3. The zero-order valence-corrected chi connectivity index (χ0v) is 10.5. The molecule has 0 heterocycles. The lowest BCUT2D eigenvalue weighted by Gasteiger charge is -2.18. The summed E-state index contributed by atoms with van der Waals surface area (Å²) in [6.45, 7) is 0. The van der Waals surface area contributed by atoms with Crippen molar-refractivity contribution in [1.29, 1.82) is 0 Å². The number of alkyl halides is 3. The number of nitrogens with two attached hydrogens (primary N) is 1. The standard InChI is InChI=1S/C11H11ClF3NO3/c1-19-10-6(8(16)4-9(17)18)2-5(3-7(10)12)11(13,14)15/h2-3,8H,4,16H2,1H3,(H,17,18). The van der Waals surface area contributed by atoms with Gasteiger partial charge in [-0.05, 0) is 12.1 Å². The molecule has 0 bridgehead atoms. The molecule has 1 atom stereocenters. The van der Waals surface area contributed by atoms with Crippen LogP contribution in [0, 0.1) is 0 Å².